The molecule has 0 aromatic heterocycles. The lowest BCUT2D eigenvalue weighted by Crippen LogP contribution is -2.43. The summed E-state index contributed by atoms with van der Waals surface area (Å²) < 4.78 is 0. The Morgan fingerprint density at radius 2 is 1.77 bits per heavy atom. The molecule has 1 N–H and O–H groups in total. The van der Waals surface area contributed by atoms with Crippen molar-refractivity contribution < 1.29 is 5.11 Å². The fourth-order valence-electron chi connectivity index (χ4n) is 3.18. The van der Waals surface area contributed by atoms with Crippen LogP contribution in [0.2, 0.25) is 0 Å². The van der Waals surface area contributed by atoms with Gasteiger partial charge in [0.05, 0.1) is 6.61 Å². The minimum absolute atomic E-state index is 0.172. The molecule has 114 valence electrons. The first-order valence-electron chi connectivity index (χ1n) is 7.84. The van der Waals surface area contributed by atoms with E-state index < -0.39 is 0 Å². The molecule has 0 amide bonds. The lowest BCUT2D eigenvalue weighted by atomic mass is 9.76. The van der Waals surface area contributed by atoms with E-state index in [2.05, 4.69) is 72.6 Å². The predicted molar refractivity (Wildman–Crippen MR) is 90.6 cm³/mol. The van der Waals surface area contributed by atoms with Crippen molar-refractivity contribution in [3.8, 4) is 0 Å². The first-order valence-corrected chi connectivity index (χ1v) is 7.84. The summed E-state index contributed by atoms with van der Waals surface area (Å²) in [5, 5.41) is 10.1. The van der Waals surface area contributed by atoms with Gasteiger partial charge in [-0.25, -0.2) is 0 Å². The van der Waals surface area contributed by atoms with Crippen LogP contribution in [0.1, 0.15) is 23.1 Å². The van der Waals surface area contributed by atoms with Crippen LogP contribution in [0.5, 0.6) is 0 Å². The van der Waals surface area contributed by atoms with E-state index in [-0.39, 0.29) is 12.0 Å². The highest BCUT2D eigenvalue weighted by atomic mass is 16.3. The smallest absolute Gasteiger partial charge is 0.0548 e. The topological polar surface area (TPSA) is 23.5 Å². The third-order valence-electron chi connectivity index (χ3n) is 4.53. The monoisotopic (exact) mass is 293 g/mol. The van der Waals surface area contributed by atoms with Gasteiger partial charge in [-0.1, -0.05) is 66.2 Å². The molecule has 3 rings (SSSR count). The van der Waals surface area contributed by atoms with E-state index in [0.29, 0.717) is 0 Å². The van der Waals surface area contributed by atoms with Crippen LogP contribution in [-0.2, 0) is 12.0 Å². The van der Waals surface area contributed by atoms with Gasteiger partial charge in [-0.15, -0.1) is 0 Å². The summed E-state index contributed by atoms with van der Waals surface area (Å²) in [6.45, 7) is 3.99. The molecule has 0 fully saturated rings. The quantitative estimate of drug-likeness (QED) is 0.930. The van der Waals surface area contributed by atoms with E-state index in [0.717, 1.165) is 19.5 Å². The fourth-order valence-corrected chi connectivity index (χ4v) is 3.18. The van der Waals surface area contributed by atoms with E-state index >= 15 is 0 Å². The van der Waals surface area contributed by atoms with Crippen molar-refractivity contribution in [3.05, 3.63) is 83.6 Å². The summed E-state index contributed by atoms with van der Waals surface area (Å²) in [6, 6.07) is 19.1. The minimum atomic E-state index is -0.197. The third-order valence-corrected chi connectivity index (χ3v) is 4.53. The molecule has 0 saturated heterocycles. The SMILES string of the molecule is Cc1ccc(C2(CO)CC=CN(Cc3ccccc3)C2)cc1. The fraction of sp³-hybridized carbons (Fsp3) is 0.300. The number of benzene rings is 2. The van der Waals surface area contributed by atoms with E-state index in [1.807, 2.05) is 6.07 Å². The van der Waals surface area contributed by atoms with E-state index in [1.54, 1.807) is 0 Å². The minimum Gasteiger partial charge on any atom is -0.395 e. The third kappa shape index (κ3) is 3.07. The molecule has 0 spiro atoms. The molecular formula is C20H23NO. The second kappa shape index (κ2) is 6.37. The summed E-state index contributed by atoms with van der Waals surface area (Å²) >= 11 is 0. The Kier molecular flexibility index (Phi) is 4.30. The first-order chi connectivity index (χ1) is 10.7. The van der Waals surface area contributed by atoms with Crippen LogP contribution >= 0.6 is 0 Å². The summed E-state index contributed by atoms with van der Waals surface area (Å²) in [7, 11) is 0. The first kappa shape index (κ1) is 14.9. The Bertz CT molecular complexity index is 633. The van der Waals surface area contributed by atoms with Crippen LogP contribution in [0.25, 0.3) is 0 Å². The van der Waals surface area contributed by atoms with Crippen molar-refractivity contribution in [2.45, 2.75) is 25.3 Å². The van der Waals surface area contributed by atoms with Crippen LogP contribution < -0.4 is 0 Å². The molecule has 1 unspecified atom stereocenters. The molecule has 1 heterocycles. The lowest BCUT2D eigenvalue weighted by Gasteiger charge is -2.40. The molecule has 2 nitrogen and oxygen atoms in total. The highest BCUT2D eigenvalue weighted by Gasteiger charge is 2.34. The molecule has 0 saturated carbocycles. The maximum Gasteiger partial charge on any atom is 0.0548 e. The average molecular weight is 293 g/mol. The Balaban J connectivity index is 1.82. The van der Waals surface area contributed by atoms with Gasteiger partial charge in [-0.05, 0) is 30.7 Å². The van der Waals surface area contributed by atoms with Gasteiger partial charge in [0, 0.05) is 18.5 Å². The number of hydrogen-bond donors (Lipinski definition) is 1. The van der Waals surface area contributed by atoms with Crippen molar-refractivity contribution in [2.75, 3.05) is 13.2 Å². The van der Waals surface area contributed by atoms with Crippen LogP contribution in [-0.4, -0.2) is 23.2 Å². The molecule has 2 aromatic carbocycles. The average Bonchev–Trinajstić information content (AvgIpc) is 2.56. The van der Waals surface area contributed by atoms with E-state index in [4.69, 9.17) is 0 Å². The number of aryl methyl sites for hydroxylation is 1. The zero-order chi connectivity index (χ0) is 15.4. The van der Waals surface area contributed by atoms with E-state index in [1.165, 1.54) is 16.7 Å². The normalized spacial score (nSPS) is 21.1. The van der Waals surface area contributed by atoms with Gasteiger partial charge in [-0.2, -0.15) is 0 Å². The van der Waals surface area contributed by atoms with Crippen molar-refractivity contribution in [1.29, 1.82) is 0 Å². The molecular weight excluding hydrogens is 270 g/mol. The van der Waals surface area contributed by atoms with Crippen molar-refractivity contribution in [3.63, 3.8) is 0 Å². The number of aliphatic hydroxyl groups is 1. The Morgan fingerprint density at radius 1 is 1.05 bits per heavy atom. The van der Waals surface area contributed by atoms with Crippen molar-refractivity contribution >= 4 is 0 Å². The predicted octanol–water partition coefficient (Wildman–Crippen LogP) is 3.64. The molecule has 2 aromatic rings. The van der Waals surface area contributed by atoms with Crippen LogP contribution in [0, 0.1) is 6.92 Å². The zero-order valence-corrected chi connectivity index (χ0v) is 13.1. The second-order valence-corrected chi connectivity index (χ2v) is 6.28. The molecule has 2 heteroatoms. The van der Waals surface area contributed by atoms with Gasteiger partial charge in [0.25, 0.3) is 0 Å². The van der Waals surface area contributed by atoms with Crippen molar-refractivity contribution in [2.24, 2.45) is 0 Å². The van der Waals surface area contributed by atoms with Gasteiger partial charge in [0.15, 0.2) is 0 Å². The lowest BCUT2D eigenvalue weighted by molar-refractivity contribution is 0.144. The summed E-state index contributed by atoms with van der Waals surface area (Å²) in [4.78, 5) is 2.30. The summed E-state index contributed by atoms with van der Waals surface area (Å²) in [6.07, 6.45) is 5.23. The maximum atomic E-state index is 10.1. The highest BCUT2D eigenvalue weighted by Crippen LogP contribution is 2.33. The van der Waals surface area contributed by atoms with Crippen LogP contribution in [0.4, 0.5) is 0 Å². The van der Waals surface area contributed by atoms with Gasteiger partial charge in [-0.3, -0.25) is 0 Å². The number of rotatable bonds is 4. The maximum absolute atomic E-state index is 10.1. The number of aliphatic hydroxyl groups excluding tert-OH is 1. The number of allylic oxidation sites excluding steroid dienone is 1. The Morgan fingerprint density at radius 3 is 2.45 bits per heavy atom. The van der Waals surface area contributed by atoms with Crippen LogP contribution in [0.3, 0.4) is 0 Å². The van der Waals surface area contributed by atoms with Gasteiger partial charge < -0.3 is 10.0 Å². The summed E-state index contributed by atoms with van der Waals surface area (Å²) in [5.74, 6) is 0. The molecule has 0 radical (unpaired) electrons. The summed E-state index contributed by atoms with van der Waals surface area (Å²) in [5.41, 5.74) is 3.58. The molecule has 1 aliphatic heterocycles. The number of hydrogen-bond acceptors (Lipinski definition) is 2. The molecule has 0 aliphatic carbocycles. The standard InChI is InChI=1S/C20H23NO/c1-17-8-10-19(11-9-17)20(16-22)12-5-13-21(15-20)14-18-6-3-2-4-7-18/h2-11,13,22H,12,14-16H2,1H3. The largest absolute Gasteiger partial charge is 0.395 e. The van der Waals surface area contributed by atoms with Crippen LogP contribution in [0.15, 0.2) is 66.9 Å². The molecule has 0 bridgehead atoms. The van der Waals surface area contributed by atoms with Gasteiger partial charge in [0.2, 0.25) is 0 Å². The Hall–Kier alpha value is -2.06. The molecule has 22 heavy (non-hydrogen) atoms. The van der Waals surface area contributed by atoms with Gasteiger partial charge >= 0.3 is 0 Å². The number of nitrogens with zero attached hydrogens (tertiary/aromatic N) is 1. The highest BCUT2D eigenvalue weighted by molar-refractivity contribution is 5.32. The molecule has 1 atom stereocenters. The van der Waals surface area contributed by atoms with Gasteiger partial charge in [0.1, 0.15) is 0 Å². The molecule has 1 aliphatic rings. The Labute approximate surface area is 132 Å². The van der Waals surface area contributed by atoms with E-state index in [9.17, 15) is 5.11 Å². The second-order valence-electron chi connectivity index (χ2n) is 6.28. The zero-order valence-electron chi connectivity index (χ0n) is 13.1. The van der Waals surface area contributed by atoms with Crippen molar-refractivity contribution in [1.82, 2.24) is 4.90 Å².